The number of ether oxygens (including phenoxy) is 1. The van der Waals surface area contributed by atoms with E-state index in [1.165, 1.54) is 24.6 Å². The Balaban J connectivity index is 1.79. The normalized spacial score (nSPS) is 29.2. The van der Waals surface area contributed by atoms with E-state index in [0.717, 1.165) is 30.4 Å². The lowest BCUT2D eigenvalue weighted by molar-refractivity contribution is 0.0727. The van der Waals surface area contributed by atoms with Crippen LogP contribution in [0, 0.1) is 11.3 Å². The van der Waals surface area contributed by atoms with Crippen LogP contribution in [0.3, 0.4) is 0 Å². The average Bonchev–Trinajstić information content (AvgIpc) is 3.29. The van der Waals surface area contributed by atoms with E-state index >= 15 is 0 Å². The van der Waals surface area contributed by atoms with Gasteiger partial charge in [0.05, 0.1) is 6.10 Å². The molecule has 4 rings (SSSR count). The van der Waals surface area contributed by atoms with Gasteiger partial charge in [-0.2, -0.15) is 0 Å². The molecule has 0 spiro atoms. The van der Waals surface area contributed by atoms with Gasteiger partial charge in [0.2, 0.25) is 0 Å². The number of carbonyl (C=O) groups is 1. The van der Waals surface area contributed by atoms with Crippen LogP contribution in [-0.2, 0) is 8.85 Å². The fraction of sp³-hybridized carbons (Fsp3) is 0.625. The number of para-hydroxylation sites is 1. The molecule has 0 heterocycles. The Morgan fingerprint density at radius 2 is 1.66 bits per heavy atom. The van der Waals surface area contributed by atoms with Gasteiger partial charge < -0.3 is 13.6 Å². The zero-order valence-electron chi connectivity index (χ0n) is 31.5. The summed E-state index contributed by atoms with van der Waals surface area (Å²) in [4.78, 5) is 12.9. The summed E-state index contributed by atoms with van der Waals surface area (Å²) in [5.41, 5.74) is 5.58. The predicted molar refractivity (Wildman–Crippen MR) is 206 cm³/mol. The smallest absolute Gasteiger partial charge is 0.375 e. The Labute approximate surface area is 293 Å². The number of rotatable bonds is 8. The van der Waals surface area contributed by atoms with E-state index in [9.17, 15) is 4.79 Å². The average molecular weight is 695 g/mol. The van der Waals surface area contributed by atoms with Gasteiger partial charge in [0.15, 0.2) is 16.6 Å². The SMILES string of the molecule is C=C1C(=CC=C2CCC[C@]3(C)C(CC)=CC[C@@H]23)C[C@](O[Si](C)(C)C(C)(C)C)(SC(=O)Oc2ccccc2)C[C@@H]1O[Si](C)(C)C(C)(C)C. The van der Waals surface area contributed by atoms with E-state index in [1.807, 2.05) is 30.3 Å². The first-order chi connectivity index (χ1) is 21.6. The number of thioether (sulfide) groups is 1. The molecule has 4 atom stereocenters. The monoisotopic (exact) mass is 694 g/mol. The lowest BCUT2D eigenvalue weighted by Crippen LogP contribution is -2.54. The summed E-state index contributed by atoms with van der Waals surface area (Å²) in [6, 6.07) is 9.34. The van der Waals surface area contributed by atoms with Crippen LogP contribution in [0.2, 0.25) is 36.3 Å². The molecule has 4 nitrogen and oxygen atoms in total. The number of carbonyl (C=O) groups excluding carboxylic acids is 1. The van der Waals surface area contributed by atoms with Crippen molar-refractivity contribution < 1.29 is 18.4 Å². The summed E-state index contributed by atoms with van der Waals surface area (Å²) in [5.74, 6) is 1.10. The fourth-order valence-corrected chi connectivity index (χ4v) is 11.5. The standard InChI is InChI=1S/C40H62O4SSi2/c1-14-32-24-25-34-30(19-18-26-39(32,34)9)22-23-31-27-40(44-47(12,13)38(6,7)8,45-36(41)42-33-20-16-15-17-21-33)28-35(29(31)2)43-46(10,11)37(3,4)5/h15-17,20-24,34-35H,2,14,18-19,25-28H2,1,3-13H3/t34-,35-,39+,40-/m0/s1. The van der Waals surface area contributed by atoms with Gasteiger partial charge in [-0.15, -0.1) is 0 Å². The minimum Gasteiger partial charge on any atom is -0.418 e. The summed E-state index contributed by atoms with van der Waals surface area (Å²) in [5, 5.41) is -0.366. The molecule has 7 heteroatoms. The van der Waals surface area contributed by atoms with Gasteiger partial charge in [-0.1, -0.05) is 110 Å². The van der Waals surface area contributed by atoms with E-state index in [1.54, 1.807) is 11.1 Å². The van der Waals surface area contributed by atoms with Crippen LogP contribution in [0.1, 0.15) is 100 Å². The number of hydrogen-bond acceptors (Lipinski definition) is 5. The topological polar surface area (TPSA) is 44.8 Å². The summed E-state index contributed by atoms with van der Waals surface area (Å²) in [7, 11) is -4.54. The maximum Gasteiger partial charge on any atom is 0.375 e. The highest BCUT2D eigenvalue weighted by Gasteiger charge is 2.52. The van der Waals surface area contributed by atoms with Crippen molar-refractivity contribution in [1.29, 1.82) is 0 Å². The summed E-state index contributed by atoms with van der Waals surface area (Å²) in [6.45, 7) is 32.2. The van der Waals surface area contributed by atoms with E-state index in [0.29, 0.717) is 24.5 Å². The van der Waals surface area contributed by atoms with Crippen molar-refractivity contribution in [1.82, 2.24) is 0 Å². The molecule has 0 N–H and O–H groups in total. The molecule has 2 saturated carbocycles. The number of allylic oxidation sites excluding steroid dienone is 5. The summed E-state index contributed by atoms with van der Waals surface area (Å²) < 4.78 is 20.5. The largest absolute Gasteiger partial charge is 0.418 e. The van der Waals surface area contributed by atoms with Crippen molar-refractivity contribution in [2.75, 3.05) is 0 Å². The van der Waals surface area contributed by atoms with Gasteiger partial charge in [-0.05, 0) is 115 Å². The van der Waals surface area contributed by atoms with E-state index in [2.05, 4.69) is 106 Å². The first-order valence-electron chi connectivity index (χ1n) is 17.8. The van der Waals surface area contributed by atoms with Crippen molar-refractivity contribution in [3.05, 3.63) is 77.4 Å². The van der Waals surface area contributed by atoms with E-state index in [4.69, 9.17) is 13.6 Å². The van der Waals surface area contributed by atoms with Crippen LogP contribution >= 0.6 is 11.8 Å². The molecule has 0 amide bonds. The molecule has 1 aromatic carbocycles. The number of fused-ring (bicyclic) bond motifs is 1. The molecule has 0 unspecified atom stereocenters. The quantitative estimate of drug-likeness (QED) is 0.117. The second-order valence-corrected chi connectivity index (χ2v) is 28.2. The third kappa shape index (κ3) is 8.39. The lowest BCUT2D eigenvalue weighted by Gasteiger charge is -2.50. The van der Waals surface area contributed by atoms with Crippen molar-refractivity contribution in [2.24, 2.45) is 11.3 Å². The highest BCUT2D eigenvalue weighted by atomic mass is 32.2. The number of hydrogen-bond donors (Lipinski definition) is 0. The summed E-state index contributed by atoms with van der Waals surface area (Å²) in [6.07, 6.45) is 14.0. The molecule has 260 valence electrons. The Hall–Kier alpha value is -1.65. The third-order valence-corrected chi connectivity index (χ3v) is 22.2. The molecule has 0 bridgehead atoms. The van der Waals surface area contributed by atoms with Gasteiger partial charge in [-0.3, -0.25) is 0 Å². The van der Waals surface area contributed by atoms with Crippen LogP contribution in [0.25, 0.3) is 0 Å². The second kappa shape index (κ2) is 13.9. The first-order valence-corrected chi connectivity index (χ1v) is 24.4. The highest BCUT2D eigenvalue weighted by molar-refractivity contribution is 8.14. The third-order valence-electron chi connectivity index (χ3n) is 12.1. The molecule has 3 aliphatic rings. The Morgan fingerprint density at radius 1 is 1.02 bits per heavy atom. The van der Waals surface area contributed by atoms with Gasteiger partial charge >= 0.3 is 5.30 Å². The fourth-order valence-electron chi connectivity index (χ4n) is 7.11. The van der Waals surface area contributed by atoms with Crippen LogP contribution in [0.15, 0.2) is 77.4 Å². The molecule has 0 radical (unpaired) electrons. The van der Waals surface area contributed by atoms with Gasteiger partial charge in [-0.25, -0.2) is 4.79 Å². The van der Waals surface area contributed by atoms with E-state index < -0.39 is 21.6 Å². The molecule has 47 heavy (non-hydrogen) atoms. The minimum absolute atomic E-state index is 0.0257. The van der Waals surface area contributed by atoms with Crippen LogP contribution in [0.5, 0.6) is 5.75 Å². The first kappa shape index (κ1) is 38.2. The van der Waals surface area contributed by atoms with Crippen LogP contribution < -0.4 is 4.74 Å². The van der Waals surface area contributed by atoms with Gasteiger partial charge in [0, 0.05) is 12.8 Å². The summed E-state index contributed by atoms with van der Waals surface area (Å²) >= 11 is 1.20. The molecular weight excluding hydrogens is 633 g/mol. The molecule has 0 aromatic heterocycles. The molecule has 3 aliphatic carbocycles. The van der Waals surface area contributed by atoms with E-state index in [-0.39, 0.29) is 26.9 Å². The minimum atomic E-state index is -2.35. The van der Waals surface area contributed by atoms with Crippen LogP contribution in [-0.4, -0.2) is 33.0 Å². The molecular formula is C40H62O4SSi2. The lowest BCUT2D eigenvalue weighted by atomic mass is 9.64. The molecule has 1 aromatic rings. The van der Waals surface area contributed by atoms with Crippen molar-refractivity contribution >= 4 is 33.7 Å². The maximum absolute atomic E-state index is 13.8. The zero-order valence-corrected chi connectivity index (χ0v) is 34.3. The zero-order chi connectivity index (χ0) is 35.1. The van der Waals surface area contributed by atoms with Crippen LogP contribution in [0.4, 0.5) is 4.79 Å². The van der Waals surface area contributed by atoms with Gasteiger partial charge in [0.1, 0.15) is 10.7 Å². The predicted octanol–water partition coefficient (Wildman–Crippen LogP) is 12.8. The van der Waals surface area contributed by atoms with Crippen molar-refractivity contribution in [3.8, 4) is 5.75 Å². The van der Waals surface area contributed by atoms with Crippen molar-refractivity contribution in [2.45, 2.75) is 148 Å². The second-order valence-electron chi connectivity index (χ2n) is 17.4. The molecule has 0 saturated heterocycles. The molecule has 0 aliphatic heterocycles. The Morgan fingerprint density at radius 3 is 2.26 bits per heavy atom. The Bertz CT molecular complexity index is 1410. The maximum atomic E-state index is 13.8. The Kier molecular flexibility index (Phi) is 11.3. The van der Waals surface area contributed by atoms with Gasteiger partial charge in [0.25, 0.3) is 0 Å². The van der Waals surface area contributed by atoms with Crippen molar-refractivity contribution in [3.63, 3.8) is 0 Å². The molecule has 2 fully saturated rings. The highest BCUT2D eigenvalue weighted by Crippen LogP contribution is 2.56. The number of benzene rings is 1.